The number of carbonyl (C=O) groups excluding carboxylic acids is 1. The highest BCUT2D eigenvalue weighted by molar-refractivity contribution is 5.95. The van der Waals surface area contributed by atoms with Crippen molar-refractivity contribution in [1.29, 1.82) is 0 Å². The molecule has 7 heteroatoms. The number of amides is 1. The maximum Gasteiger partial charge on any atom is 0.292 e. The highest BCUT2D eigenvalue weighted by atomic mass is 16.6. The molecule has 2 N–H and O–H groups in total. The van der Waals surface area contributed by atoms with E-state index in [1.165, 1.54) is 18.2 Å². The van der Waals surface area contributed by atoms with Crippen LogP contribution in [-0.4, -0.2) is 53.9 Å². The summed E-state index contributed by atoms with van der Waals surface area (Å²) in [6, 6.07) is 4.32. The van der Waals surface area contributed by atoms with Gasteiger partial charge in [0.05, 0.1) is 4.92 Å². The molecule has 1 heterocycles. The highest BCUT2D eigenvalue weighted by Crippen LogP contribution is 2.24. The molecule has 0 unspecified atom stereocenters. The van der Waals surface area contributed by atoms with Crippen LogP contribution in [0.4, 0.5) is 11.4 Å². The lowest BCUT2D eigenvalue weighted by atomic mass is 10.0. The molecule has 0 radical (unpaired) electrons. The second-order valence-corrected chi connectivity index (χ2v) is 5.48. The van der Waals surface area contributed by atoms with Gasteiger partial charge in [-0.15, -0.1) is 0 Å². The molecule has 1 aliphatic rings. The zero-order valence-corrected chi connectivity index (χ0v) is 12.3. The summed E-state index contributed by atoms with van der Waals surface area (Å²) in [6.07, 6.45) is 1.86. The van der Waals surface area contributed by atoms with E-state index in [0.717, 1.165) is 25.9 Å². The summed E-state index contributed by atoms with van der Waals surface area (Å²) in [5.74, 6) is -0.147. The number of carbonyl (C=O) groups is 1. The average molecular weight is 292 g/mol. The SMILES string of the molecule is CN1CCC(N(C)C(=O)c2ccc([N+](=O)[O-])c(N)c2)CC1. The number of hydrogen-bond acceptors (Lipinski definition) is 5. The van der Waals surface area contributed by atoms with Crippen LogP contribution in [0.2, 0.25) is 0 Å². The van der Waals surface area contributed by atoms with Crippen LogP contribution >= 0.6 is 0 Å². The molecule has 0 atom stereocenters. The molecular formula is C14H20N4O3. The smallest absolute Gasteiger partial charge is 0.292 e. The number of hydrogen-bond donors (Lipinski definition) is 1. The Bertz CT molecular complexity index is 553. The van der Waals surface area contributed by atoms with E-state index in [9.17, 15) is 14.9 Å². The predicted molar refractivity (Wildman–Crippen MR) is 80.1 cm³/mol. The fourth-order valence-corrected chi connectivity index (χ4v) is 2.61. The Morgan fingerprint density at radius 1 is 1.43 bits per heavy atom. The van der Waals surface area contributed by atoms with E-state index in [0.29, 0.717) is 5.56 Å². The van der Waals surface area contributed by atoms with Gasteiger partial charge in [0, 0.05) is 24.7 Å². The molecule has 2 rings (SSSR count). The summed E-state index contributed by atoms with van der Waals surface area (Å²) in [7, 11) is 3.84. The van der Waals surface area contributed by atoms with E-state index in [1.54, 1.807) is 11.9 Å². The van der Waals surface area contributed by atoms with Crippen LogP contribution in [0.15, 0.2) is 18.2 Å². The molecule has 0 spiro atoms. The lowest BCUT2D eigenvalue weighted by Crippen LogP contribution is -2.44. The zero-order valence-electron chi connectivity index (χ0n) is 12.3. The van der Waals surface area contributed by atoms with Crippen LogP contribution in [0.25, 0.3) is 0 Å². The third-order valence-corrected chi connectivity index (χ3v) is 4.03. The van der Waals surface area contributed by atoms with Gasteiger partial charge >= 0.3 is 0 Å². The number of nitro groups is 1. The summed E-state index contributed by atoms with van der Waals surface area (Å²) in [5, 5.41) is 10.7. The van der Waals surface area contributed by atoms with Crippen molar-refractivity contribution in [3.63, 3.8) is 0 Å². The van der Waals surface area contributed by atoms with Crippen molar-refractivity contribution in [3.05, 3.63) is 33.9 Å². The number of rotatable bonds is 3. The molecular weight excluding hydrogens is 272 g/mol. The third-order valence-electron chi connectivity index (χ3n) is 4.03. The van der Waals surface area contributed by atoms with Crippen molar-refractivity contribution >= 4 is 17.3 Å². The maximum absolute atomic E-state index is 12.4. The molecule has 1 aliphatic heterocycles. The minimum Gasteiger partial charge on any atom is -0.393 e. The van der Waals surface area contributed by atoms with Crippen molar-refractivity contribution in [2.24, 2.45) is 0 Å². The van der Waals surface area contributed by atoms with Crippen molar-refractivity contribution in [1.82, 2.24) is 9.80 Å². The molecule has 114 valence electrons. The number of nitrogen functional groups attached to an aromatic ring is 1. The van der Waals surface area contributed by atoms with E-state index < -0.39 is 4.92 Å². The van der Waals surface area contributed by atoms with Gasteiger partial charge in [-0.25, -0.2) is 0 Å². The first-order valence-electron chi connectivity index (χ1n) is 6.89. The number of likely N-dealkylation sites (tertiary alicyclic amines) is 1. The minimum absolute atomic E-state index is 0.0163. The minimum atomic E-state index is -0.551. The van der Waals surface area contributed by atoms with Gasteiger partial charge in [0.2, 0.25) is 0 Å². The topological polar surface area (TPSA) is 92.7 Å². The van der Waals surface area contributed by atoms with Gasteiger partial charge in [0.25, 0.3) is 11.6 Å². The fourth-order valence-electron chi connectivity index (χ4n) is 2.61. The largest absolute Gasteiger partial charge is 0.393 e. The van der Waals surface area contributed by atoms with Crippen LogP contribution in [-0.2, 0) is 0 Å². The summed E-state index contributed by atoms with van der Waals surface area (Å²) in [5.41, 5.74) is 5.87. The number of benzene rings is 1. The Morgan fingerprint density at radius 2 is 2.05 bits per heavy atom. The summed E-state index contributed by atoms with van der Waals surface area (Å²) in [6.45, 7) is 1.93. The Balaban J connectivity index is 2.12. The molecule has 0 saturated carbocycles. The van der Waals surface area contributed by atoms with Gasteiger partial charge in [-0.05, 0) is 45.1 Å². The maximum atomic E-state index is 12.4. The number of anilines is 1. The number of nitrogens with two attached hydrogens (primary N) is 1. The van der Waals surface area contributed by atoms with Crippen molar-refractivity contribution in [2.45, 2.75) is 18.9 Å². The molecule has 1 aromatic rings. The van der Waals surface area contributed by atoms with Crippen LogP contribution in [0.3, 0.4) is 0 Å². The van der Waals surface area contributed by atoms with Crippen molar-refractivity contribution in [2.75, 3.05) is 32.9 Å². The lowest BCUT2D eigenvalue weighted by molar-refractivity contribution is -0.383. The standard InChI is InChI=1S/C14H20N4O3/c1-16-7-5-11(6-8-16)17(2)14(19)10-3-4-13(18(20)21)12(15)9-10/h3-4,9,11H,5-8,15H2,1-2H3. The van der Waals surface area contributed by atoms with Crippen molar-refractivity contribution < 1.29 is 9.72 Å². The van der Waals surface area contributed by atoms with E-state index in [-0.39, 0.29) is 23.3 Å². The quantitative estimate of drug-likeness (QED) is 0.515. The van der Waals surface area contributed by atoms with Gasteiger partial charge in [0.1, 0.15) is 5.69 Å². The third kappa shape index (κ3) is 3.30. The van der Waals surface area contributed by atoms with E-state index in [1.807, 2.05) is 0 Å². The monoisotopic (exact) mass is 292 g/mol. The van der Waals surface area contributed by atoms with E-state index in [4.69, 9.17) is 5.73 Å². The van der Waals surface area contributed by atoms with E-state index >= 15 is 0 Å². The van der Waals surface area contributed by atoms with Crippen LogP contribution in [0, 0.1) is 10.1 Å². The number of piperidine rings is 1. The average Bonchev–Trinajstić information content (AvgIpc) is 2.46. The van der Waals surface area contributed by atoms with Gasteiger partial charge in [-0.3, -0.25) is 14.9 Å². The zero-order chi connectivity index (χ0) is 15.6. The Morgan fingerprint density at radius 3 is 2.57 bits per heavy atom. The normalized spacial score (nSPS) is 16.7. The molecule has 0 bridgehead atoms. The van der Waals surface area contributed by atoms with Gasteiger partial charge in [-0.1, -0.05) is 0 Å². The molecule has 0 aromatic heterocycles. The molecule has 0 aliphatic carbocycles. The van der Waals surface area contributed by atoms with Crippen LogP contribution in [0.5, 0.6) is 0 Å². The summed E-state index contributed by atoms with van der Waals surface area (Å²) >= 11 is 0. The molecule has 1 saturated heterocycles. The van der Waals surface area contributed by atoms with E-state index in [2.05, 4.69) is 11.9 Å². The van der Waals surface area contributed by atoms with Crippen LogP contribution < -0.4 is 5.73 Å². The molecule has 1 aromatic carbocycles. The first-order valence-corrected chi connectivity index (χ1v) is 6.89. The van der Waals surface area contributed by atoms with Gasteiger partial charge in [-0.2, -0.15) is 0 Å². The van der Waals surface area contributed by atoms with Crippen molar-refractivity contribution in [3.8, 4) is 0 Å². The van der Waals surface area contributed by atoms with Crippen LogP contribution in [0.1, 0.15) is 23.2 Å². The Hall–Kier alpha value is -2.15. The predicted octanol–water partition coefficient (Wildman–Crippen LogP) is 1.34. The van der Waals surface area contributed by atoms with Gasteiger partial charge in [0.15, 0.2) is 0 Å². The first-order chi connectivity index (χ1) is 9.90. The van der Waals surface area contributed by atoms with Gasteiger partial charge < -0.3 is 15.5 Å². The first kappa shape index (κ1) is 15.2. The lowest BCUT2D eigenvalue weighted by Gasteiger charge is -2.35. The second kappa shape index (κ2) is 6.09. The Kier molecular flexibility index (Phi) is 4.42. The number of nitrogens with zero attached hydrogens (tertiary/aromatic N) is 3. The molecule has 7 nitrogen and oxygen atoms in total. The number of nitro benzene ring substituents is 1. The summed E-state index contributed by atoms with van der Waals surface area (Å²) in [4.78, 5) is 26.6. The second-order valence-electron chi connectivity index (χ2n) is 5.48. The summed E-state index contributed by atoms with van der Waals surface area (Å²) < 4.78 is 0. The molecule has 1 fully saturated rings. The molecule has 21 heavy (non-hydrogen) atoms. The molecule has 1 amide bonds. The highest BCUT2D eigenvalue weighted by Gasteiger charge is 2.25. The fraction of sp³-hybridized carbons (Fsp3) is 0.500. The Labute approximate surface area is 123 Å².